The Bertz CT molecular complexity index is 708. The van der Waals surface area contributed by atoms with Crippen LogP contribution in [0.4, 0.5) is 5.69 Å². The molecule has 2 aromatic carbocycles. The summed E-state index contributed by atoms with van der Waals surface area (Å²) in [4.78, 5) is 32.3. The number of nitrogens with zero attached hydrogens (tertiary/aromatic N) is 1. The van der Waals surface area contributed by atoms with E-state index in [1.54, 1.807) is 12.1 Å². The molecular formula is C14H9NO5. The van der Waals surface area contributed by atoms with Crippen molar-refractivity contribution in [2.45, 2.75) is 0 Å². The zero-order valence-electron chi connectivity index (χ0n) is 10.1. The summed E-state index contributed by atoms with van der Waals surface area (Å²) in [5.74, 6) is -1.17. The molecule has 2 rings (SSSR count). The maximum Gasteiger partial charge on any atom is 0.336 e. The Morgan fingerprint density at radius 2 is 1.85 bits per heavy atom. The predicted octanol–water partition coefficient (Wildman–Crippen LogP) is 2.77. The second kappa shape index (κ2) is 5.31. The van der Waals surface area contributed by atoms with Crippen LogP contribution in [0, 0.1) is 10.1 Å². The van der Waals surface area contributed by atoms with Crippen LogP contribution in [0.5, 0.6) is 0 Å². The maximum atomic E-state index is 11.2. The van der Waals surface area contributed by atoms with Crippen LogP contribution in [0.2, 0.25) is 0 Å². The Morgan fingerprint density at radius 3 is 2.45 bits per heavy atom. The van der Waals surface area contributed by atoms with Gasteiger partial charge in [-0.25, -0.2) is 4.79 Å². The molecule has 0 atom stereocenters. The standard InChI is InChI=1S/C14H9NO5/c16-8-9-5-6-11(13(7-9)15(19)20)10-3-1-2-4-12(10)14(17)18/h1-8H,(H,17,18). The third kappa shape index (κ3) is 2.39. The van der Waals surface area contributed by atoms with Gasteiger partial charge in [-0.15, -0.1) is 0 Å². The van der Waals surface area contributed by atoms with Gasteiger partial charge in [-0.05, 0) is 12.1 Å². The number of carbonyl (C=O) groups excluding carboxylic acids is 1. The number of aldehydes is 1. The highest BCUT2D eigenvalue weighted by Gasteiger charge is 2.20. The van der Waals surface area contributed by atoms with Crippen LogP contribution in [0.1, 0.15) is 20.7 Å². The lowest BCUT2D eigenvalue weighted by Crippen LogP contribution is -2.01. The Labute approximate surface area is 113 Å². The molecule has 0 radical (unpaired) electrons. The number of aromatic carboxylic acids is 1. The minimum absolute atomic E-state index is 0.0329. The molecule has 0 aliphatic carbocycles. The first-order valence-corrected chi connectivity index (χ1v) is 5.61. The Morgan fingerprint density at radius 1 is 1.15 bits per heavy atom. The third-order valence-corrected chi connectivity index (χ3v) is 2.80. The number of hydrogen-bond donors (Lipinski definition) is 1. The fourth-order valence-electron chi connectivity index (χ4n) is 1.91. The molecule has 0 heterocycles. The van der Waals surface area contributed by atoms with Crippen molar-refractivity contribution in [3.8, 4) is 11.1 Å². The largest absolute Gasteiger partial charge is 0.478 e. The van der Waals surface area contributed by atoms with E-state index in [9.17, 15) is 19.7 Å². The Balaban J connectivity index is 2.73. The van der Waals surface area contributed by atoms with E-state index in [1.165, 1.54) is 24.3 Å². The minimum atomic E-state index is -1.17. The molecule has 6 nitrogen and oxygen atoms in total. The van der Waals surface area contributed by atoms with Crippen molar-refractivity contribution >= 4 is 17.9 Å². The SMILES string of the molecule is O=Cc1ccc(-c2ccccc2C(=O)O)c([N+](=O)[O-])c1. The summed E-state index contributed by atoms with van der Waals surface area (Å²) in [6.45, 7) is 0. The predicted molar refractivity (Wildman–Crippen MR) is 70.9 cm³/mol. The van der Waals surface area contributed by atoms with Gasteiger partial charge >= 0.3 is 5.97 Å². The van der Waals surface area contributed by atoms with E-state index in [0.717, 1.165) is 6.07 Å². The van der Waals surface area contributed by atoms with Gasteiger partial charge in [-0.1, -0.05) is 24.3 Å². The van der Waals surface area contributed by atoms with Crippen molar-refractivity contribution in [1.29, 1.82) is 0 Å². The molecule has 0 aliphatic heterocycles. The van der Waals surface area contributed by atoms with E-state index in [-0.39, 0.29) is 27.9 Å². The van der Waals surface area contributed by atoms with Gasteiger partial charge in [0.05, 0.1) is 16.1 Å². The van der Waals surface area contributed by atoms with Gasteiger partial charge in [0.1, 0.15) is 6.29 Å². The number of carboxylic acids is 1. The summed E-state index contributed by atoms with van der Waals surface area (Å²) in [5, 5.41) is 20.2. The molecule has 0 fully saturated rings. The average molecular weight is 271 g/mol. The van der Waals surface area contributed by atoms with Crippen molar-refractivity contribution < 1.29 is 19.6 Å². The van der Waals surface area contributed by atoms with E-state index < -0.39 is 10.9 Å². The van der Waals surface area contributed by atoms with Crippen LogP contribution in [-0.4, -0.2) is 22.3 Å². The first kappa shape index (κ1) is 13.4. The van der Waals surface area contributed by atoms with Crippen LogP contribution >= 0.6 is 0 Å². The van der Waals surface area contributed by atoms with E-state index in [4.69, 9.17) is 5.11 Å². The lowest BCUT2D eigenvalue weighted by molar-refractivity contribution is -0.384. The molecule has 0 aliphatic rings. The number of carbonyl (C=O) groups is 2. The molecule has 100 valence electrons. The van der Waals surface area contributed by atoms with Gasteiger partial charge in [0, 0.05) is 17.2 Å². The van der Waals surface area contributed by atoms with Crippen molar-refractivity contribution in [1.82, 2.24) is 0 Å². The quantitative estimate of drug-likeness (QED) is 0.523. The van der Waals surface area contributed by atoms with Crippen molar-refractivity contribution in [3.05, 3.63) is 63.7 Å². The molecular weight excluding hydrogens is 262 g/mol. The normalized spacial score (nSPS) is 10.0. The van der Waals surface area contributed by atoms with Crippen molar-refractivity contribution in [3.63, 3.8) is 0 Å². The van der Waals surface area contributed by atoms with E-state index in [0.29, 0.717) is 6.29 Å². The molecule has 20 heavy (non-hydrogen) atoms. The van der Waals surface area contributed by atoms with Crippen LogP contribution in [0.3, 0.4) is 0 Å². The number of rotatable bonds is 4. The number of hydrogen-bond acceptors (Lipinski definition) is 4. The zero-order chi connectivity index (χ0) is 14.7. The van der Waals surface area contributed by atoms with Gasteiger partial charge < -0.3 is 5.11 Å². The zero-order valence-corrected chi connectivity index (χ0v) is 10.1. The van der Waals surface area contributed by atoms with Crippen molar-refractivity contribution in [2.75, 3.05) is 0 Å². The first-order chi connectivity index (χ1) is 9.54. The third-order valence-electron chi connectivity index (χ3n) is 2.80. The summed E-state index contributed by atoms with van der Waals surface area (Å²) < 4.78 is 0. The second-order valence-electron chi connectivity index (χ2n) is 4.00. The highest BCUT2D eigenvalue weighted by Crippen LogP contribution is 2.32. The summed E-state index contributed by atoms with van der Waals surface area (Å²) in [6.07, 6.45) is 0.500. The Hall–Kier alpha value is -3.02. The minimum Gasteiger partial charge on any atom is -0.478 e. The van der Waals surface area contributed by atoms with Crippen LogP contribution in [0.25, 0.3) is 11.1 Å². The topological polar surface area (TPSA) is 97.5 Å². The lowest BCUT2D eigenvalue weighted by Gasteiger charge is -2.07. The van der Waals surface area contributed by atoms with Gasteiger partial charge in [-0.3, -0.25) is 14.9 Å². The first-order valence-electron chi connectivity index (χ1n) is 5.61. The molecule has 2 aromatic rings. The molecule has 1 N–H and O–H groups in total. The fourth-order valence-corrected chi connectivity index (χ4v) is 1.91. The highest BCUT2D eigenvalue weighted by molar-refractivity contribution is 5.97. The van der Waals surface area contributed by atoms with Gasteiger partial charge in [0.25, 0.3) is 5.69 Å². The Kier molecular flexibility index (Phi) is 3.56. The fraction of sp³-hybridized carbons (Fsp3) is 0. The summed E-state index contributed by atoms with van der Waals surface area (Å²) in [6, 6.07) is 9.91. The molecule has 0 saturated heterocycles. The summed E-state index contributed by atoms with van der Waals surface area (Å²) in [5.41, 5.74) is 0.230. The second-order valence-corrected chi connectivity index (χ2v) is 4.00. The molecule has 0 unspecified atom stereocenters. The van der Waals surface area contributed by atoms with Crippen LogP contribution < -0.4 is 0 Å². The summed E-state index contributed by atoms with van der Waals surface area (Å²) >= 11 is 0. The van der Waals surface area contributed by atoms with Gasteiger partial charge in [-0.2, -0.15) is 0 Å². The maximum absolute atomic E-state index is 11.2. The van der Waals surface area contributed by atoms with E-state index in [1.807, 2.05) is 0 Å². The molecule has 0 saturated carbocycles. The van der Waals surface area contributed by atoms with Crippen molar-refractivity contribution in [2.24, 2.45) is 0 Å². The molecule has 0 amide bonds. The van der Waals surface area contributed by atoms with Crippen LogP contribution in [0.15, 0.2) is 42.5 Å². The number of nitro benzene ring substituents is 1. The van der Waals surface area contributed by atoms with E-state index in [2.05, 4.69) is 0 Å². The smallest absolute Gasteiger partial charge is 0.336 e. The molecule has 0 aromatic heterocycles. The molecule has 0 spiro atoms. The van der Waals surface area contributed by atoms with Gasteiger partial charge in [0.15, 0.2) is 0 Å². The van der Waals surface area contributed by atoms with Crippen LogP contribution in [-0.2, 0) is 0 Å². The number of benzene rings is 2. The monoisotopic (exact) mass is 271 g/mol. The van der Waals surface area contributed by atoms with E-state index >= 15 is 0 Å². The van der Waals surface area contributed by atoms with Gasteiger partial charge in [0.2, 0.25) is 0 Å². The molecule has 0 bridgehead atoms. The average Bonchev–Trinajstić information content (AvgIpc) is 2.46. The molecule has 6 heteroatoms. The highest BCUT2D eigenvalue weighted by atomic mass is 16.6. The summed E-state index contributed by atoms with van der Waals surface area (Å²) in [7, 11) is 0. The lowest BCUT2D eigenvalue weighted by atomic mass is 9.97. The number of carboxylic acid groups (broad SMARTS) is 1. The number of nitro groups is 1.